The zero-order chi connectivity index (χ0) is 18.2. The molecule has 0 aliphatic heterocycles. The normalized spacial score (nSPS) is 12.6. The Labute approximate surface area is 168 Å². The highest BCUT2D eigenvalue weighted by molar-refractivity contribution is 14.0. The Kier molecular flexibility index (Phi) is 10.5. The van der Waals surface area contributed by atoms with Crippen molar-refractivity contribution in [3.63, 3.8) is 0 Å². The fourth-order valence-electron chi connectivity index (χ4n) is 1.98. The van der Waals surface area contributed by atoms with E-state index >= 15 is 0 Å². The quantitative estimate of drug-likeness (QED) is 0.345. The highest BCUT2D eigenvalue weighted by Crippen LogP contribution is 2.12. The van der Waals surface area contributed by atoms with Gasteiger partial charge in [-0.2, -0.15) is 0 Å². The molecule has 7 heteroatoms. The number of aryl methyl sites for hydroxylation is 1. The van der Waals surface area contributed by atoms with Gasteiger partial charge in [-0.15, -0.1) is 24.0 Å². The van der Waals surface area contributed by atoms with Crippen molar-refractivity contribution in [1.29, 1.82) is 0 Å². The number of hydrogen-bond donors (Lipinski definition) is 3. The molecule has 0 spiro atoms. The third kappa shape index (κ3) is 10.9. The first-order chi connectivity index (χ1) is 11.2. The summed E-state index contributed by atoms with van der Waals surface area (Å²) in [6.07, 6.45) is -0.0327. The van der Waals surface area contributed by atoms with Gasteiger partial charge in [-0.05, 0) is 46.8 Å². The number of aliphatic imine (C=N–C) groups is 1. The van der Waals surface area contributed by atoms with Crippen LogP contribution in [0.25, 0.3) is 0 Å². The molecule has 0 heterocycles. The van der Waals surface area contributed by atoms with Gasteiger partial charge in [0.05, 0.1) is 13.1 Å². The Morgan fingerprint density at radius 1 is 1.20 bits per heavy atom. The van der Waals surface area contributed by atoms with E-state index in [0.717, 1.165) is 5.75 Å². The van der Waals surface area contributed by atoms with Crippen molar-refractivity contribution in [1.82, 2.24) is 16.0 Å². The van der Waals surface area contributed by atoms with Crippen LogP contribution in [0.4, 0.5) is 0 Å². The van der Waals surface area contributed by atoms with E-state index in [9.17, 15) is 4.79 Å². The minimum absolute atomic E-state index is 0. The van der Waals surface area contributed by atoms with Gasteiger partial charge in [0.1, 0.15) is 11.9 Å². The zero-order valence-electron chi connectivity index (χ0n) is 16.0. The van der Waals surface area contributed by atoms with Gasteiger partial charge < -0.3 is 20.7 Å². The number of ether oxygens (including phenoxy) is 1. The second-order valence-electron chi connectivity index (χ2n) is 6.85. The number of carbonyl (C=O) groups is 1. The summed E-state index contributed by atoms with van der Waals surface area (Å²) in [7, 11) is 1.67. The van der Waals surface area contributed by atoms with Gasteiger partial charge in [-0.3, -0.25) is 9.79 Å². The van der Waals surface area contributed by atoms with Crippen LogP contribution in [0.3, 0.4) is 0 Å². The monoisotopic (exact) mass is 462 g/mol. The van der Waals surface area contributed by atoms with Crippen LogP contribution in [-0.4, -0.2) is 43.6 Å². The van der Waals surface area contributed by atoms with Crippen molar-refractivity contribution in [3.05, 3.63) is 29.8 Å². The average Bonchev–Trinajstić information content (AvgIpc) is 2.48. The molecule has 25 heavy (non-hydrogen) atoms. The summed E-state index contributed by atoms with van der Waals surface area (Å²) in [4.78, 5) is 15.9. The molecule has 1 aromatic rings. The summed E-state index contributed by atoms with van der Waals surface area (Å²) < 4.78 is 5.83. The van der Waals surface area contributed by atoms with Gasteiger partial charge in [0.25, 0.3) is 0 Å². The summed E-state index contributed by atoms with van der Waals surface area (Å²) in [6, 6.07) is 7.94. The van der Waals surface area contributed by atoms with Crippen LogP contribution >= 0.6 is 24.0 Å². The molecular formula is C18H31IN4O2. The van der Waals surface area contributed by atoms with Crippen molar-refractivity contribution in [2.45, 2.75) is 46.3 Å². The highest BCUT2D eigenvalue weighted by Gasteiger charge is 2.14. The van der Waals surface area contributed by atoms with Gasteiger partial charge in [-0.25, -0.2) is 0 Å². The zero-order valence-corrected chi connectivity index (χ0v) is 18.3. The predicted molar refractivity (Wildman–Crippen MR) is 114 cm³/mol. The molecule has 1 rings (SSSR count). The van der Waals surface area contributed by atoms with Crippen molar-refractivity contribution < 1.29 is 9.53 Å². The second kappa shape index (κ2) is 11.2. The maximum absolute atomic E-state index is 11.8. The first kappa shape index (κ1) is 23.5. The third-order valence-corrected chi connectivity index (χ3v) is 3.07. The van der Waals surface area contributed by atoms with E-state index in [0.29, 0.717) is 12.5 Å². The van der Waals surface area contributed by atoms with Gasteiger partial charge in [0.2, 0.25) is 5.91 Å². The Morgan fingerprint density at radius 3 is 2.32 bits per heavy atom. The minimum atomic E-state index is -0.244. The number of guanidine groups is 1. The van der Waals surface area contributed by atoms with E-state index in [1.54, 1.807) is 7.05 Å². The fraction of sp³-hybridized carbons (Fsp3) is 0.556. The number of nitrogens with zero attached hydrogens (tertiary/aromatic N) is 1. The molecule has 0 bridgehead atoms. The minimum Gasteiger partial charge on any atom is -0.489 e. The van der Waals surface area contributed by atoms with Crippen molar-refractivity contribution in [2.24, 2.45) is 4.99 Å². The lowest BCUT2D eigenvalue weighted by molar-refractivity contribution is -0.121. The molecule has 142 valence electrons. The van der Waals surface area contributed by atoms with E-state index < -0.39 is 0 Å². The molecule has 0 fully saturated rings. The lowest BCUT2D eigenvalue weighted by Gasteiger charge is -2.21. The lowest BCUT2D eigenvalue weighted by atomic mass is 10.1. The fourth-order valence-corrected chi connectivity index (χ4v) is 1.98. The largest absolute Gasteiger partial charge is 0.489 e. The van der Waals surface area contributed by atoms with E-state index in [-0.39, 0.29) is 48.1 Å². The molecule has 6 nitrogen and oxygen atoms in total. The van der Waals surface area contributed by atoms with Crippen LogP contribution in [0.1, 0.15) is 33.3 Å². The number of benzene rings is 1. The van der Waals surface area contributed by atoms with Crippen LogP contribution in [0.2, 0.25) is 0 Å². The highest BCUT2D eigenvalue weighted by atomic mass is 127. The molecule has 0 aromatic heterocycles. The SMILES string of the molecule is CN=C(NCC(=O)NC(C)(C)C)NCC(C)Oc1ccc(C)cc1.I. The average molecular weight is 462 g/mol. The van der Waals surface area contributed by atoms with E-state index in [1.165, 1.54) is 5.56 Å². The summed E-state index contributed by atoms with van der Waals surface area (Å²) in [6.45, 7) is 10.6. The molecule has 1 unspecified atom stereocenters. The van der Waals surface area contributed by atoms with Crippen molar-refractivity contribution >= 4 is 35.8 Å². The first-order valence-corrected chi connectivity index (χ1v) is 8.18. The van der Waals surface area contributed by atoms with Gasteiger partial charge in [-0.1, -0.05) is 17.7 Å². The molecule has 1 amide bonds. The number of carbonyl (C=O) groups excluding carboxylic acids is 1. The Hall–Kier alpha value is -1.51. The van der Waals surface area contributed by atoms with E-state index in [4.69, 9.17) is 4.74 Å². The molecular weight excluding hydrogens is 431 g/mol. The van der Waals surface area contributed by atoms with Crippen LogP contribution in [0, 0.1) is 6.92 Å². The number of amides is 1. The Balaban J connectivity index is 0.00000576. The van der Waals surface area contributed by atoms with Gasteiger partial charge in [0, 0.05) is 12.6 Å². The number of nitrogens with one attached hydrogen (secondary N) is 3. The molecule has 0 aliphatic rings. The molecule has 1 atom stereocenters. The molecule has 0 saturated heterocycles. The van der Waals surface area contributed by atoms with Gasteiger partial charge >= 0.3 is 0 Å². The number of halogens is 1. The first-order valence-electron chi connectivity index (χ1n) is 8.18. The number of hydrogen-bond acceptors (Lipinski definition) is 3. The molecule has 0 aliphatic carbocycles. The molecule has 1 aromatic carbocycles. The summed E-state index contributed by atoms with van der Waals surface area (Å²) in [5, 5.41) is 9.03. The predicted octanol–water partition coefficient (Wildman–Crippen LogP) is 2.46. The maximum Gasteiger partial charge on any atom is 0.239 e. The topological polar surface area (TPSA) is 74.8 Å². The Morgan fingerprint density at radius 2 is 1.80 bits per heavy atom. The van der Waals surface area contributed by atoms with Crippen LogP contribution in [0.15, 0.2) is 29.3 Å². The maximum atomic E-state index is 11.8. The van der Waals surface area contributed by atoms with Crippen molar-refractivity contribution in [2.75, 3.05) is 20.1 Å². The molecule has 3 N–H and O–H groups in total. The third-order valence-electron chi connectivity index (χ3n) is 3.07. The smallest absolute Gasteiger partial charge is 0.239 e. The van der Waals surface area contributed by atoms with Crippen LogP contribution in [0.5, 0.6) is 5.75 Å². The standard InChI is InChI=1S/C18H30N4O2.HI/c1-13-7-9-15(10-8-13)24-14(2)11-20-17(19-6)21-12-16(23)22-18(3,4)5;/h7-10,14H,11-12H2,1-6H3,(H,22,23)(H2,19,20,21);1H. The summed E-state index contributed by atoms with van der Waals surface area (Å²) in [5.74, 6) is 1.33. The summed E-state index contributed by atoms with van der Waals surface area (Å²) in [5.41, 5.74) is 0.956. The second-order valence-corrected chi connectivity index (χ2v) is 6.85. The number of rotatable bonds is 6. The summed E-state index contributed by atoms with van der Waals surface area (Å²) >= 11 is 0. The molecule has 0 saturated carbocycles. The van der Waals surface area contributed by atoms with Crippen molar-refractivity contribution in [3.8, 4) is 5.75 Å². The molecule has 0 radical (unpaired) electrons. The Bertz CT molecular complexity index is 553. The van der Waals surface area contributed by atoms with Crippen LogP contribution in [-0.2, 0) is 4.79 Å². The van der Waals surface area contributed by atoms with E-state index in [2.05, 4.69) is 20.9 Å². The van der Waals surface area contributed by atoms with Crippen LogP contribution < -0.4 is 20.7 Å². The lowest BCUT2D eigenvalue weighted by Crippen LogP contribution is -2.49. The van der Waals surface area contributed by atoms with E-state index in [1.807, 2.05) is 58.9 Å². The van der Waals surface area contributed by atoms with Gasteiger partial charge in [0.15, 0.2) is 5.96 Å².